The highest BCUT2D eigenvalue weighted by Gasteiger charge is 2.21. The Morgan fingerprint density at radius 3 is 2.64 bits per heavy atom. The Morgan fingerprint density at radius 2 is 1.93 bits per heavy atom. The Hall–Kier alpha value is -2.99. The molecule has 3 aromatic rings. The van der Waals surface area contributed by atoms with Gasteiger partial charge in [0.1, 0.15) is 5.82 Å². The van der Waals surface area contributed by atoms with Crippen LogP contribution < -0.4 is 20.3 Å². The molecular formula is C16H17FN6O4S. The van der Waals surface area contributed by atoms with E-state index in [0.29, 0.717) is 23.7 Å². The first kappa shape index (κ1) is 18.4. The van der Waals surface area contributed by atoms with E-state index >= 15 is 0 Å². The van der Waals surface area contributed by atoms with Gasteiger partial charge in [-0.25, -0.2) is 18.5 Å². The van der Waals surface area contributed by atoms with E-state index in [1.807, 2.05) is 19.1 Å². The quantitative estimate of drug-likeness (QED) is 0.579. The molecule has 28 heavy (non-hydrogen) atoms. The van der Waals surface area contributed by atoms with Crippen molar-refractivity contribution in [1.82, 2.24) is 19.5 Å². The summed E-state index contributed by atoms with van der Waals surface area (Å²) in [6.45, 7) is 2.00. The third-order valence-corrected chi connectivity index (χ3v) is 5.20. The number of fused-ring (bicyclic) bond motifs is 2. The van der Waals surface area contributed by atoms with Gasteiger partial charge in [0.15, 0.2) is 28.5 Å². The molecule has 1 aromatic carbocycles. The number of imidazole rings is 1. The monoisotopic (exact) mass is 408 g/mol. The van der Waals surface area contributed by atoms with Crippen LogP contribution in [-0.4, -0.2) is 40.5 Å². The summed E-state index contributed by atoms with van der Waals surface area (Å²) in [5.74, 6) is 1.23. The van der Waals surface area contributed by atoms with Gasteiger partial charge in [-0.3, -0.25) is 0 Å². The summed E-state index contributed by atoms with van der Waals surface area (Å²) < 4.78 is 48.8. The fraction of sp³-hybridized carbons (Fsp3) is 0.312. The molecule has 0 fully saturated rings. The molecule has 148 valence electrons. The molecule has 4 rings (SSSR count). The Bertz CT molecular complexity index is 1190. The number of primary sulfonamides is 1. The van der Waals surface area contributed by atoms with Crippen molar-refractivity contribution in [2.45, 2.75) is 19.9 Å². The number of sulfonamides is 1. The highest BCUT2D eigenvalue weighted by molar-refractivity contribution is 7.89. The van der Waals surface area contributed by atoms with Crippen LogP contribution in [0, 0.1) is 13.0 Å². The van der Waals surface area contributed by atoms with Crippen LogP contribution in [-0.2, 0) is 23.0 Å². The maximum Gasteiger partial charge on any atom is 0.312 e. The zero-order chi connectivity index (χ0) is 20.1. The van der Waals surface area contributed by atoms with Crippen LogP contribution >= 0.6 is 0 Å². The van der Waals surface area contributed by atoms with Crippen LogP contribution in [0.5, 0.6) is 11.5 Å². The van der Waals surface area contributed by atoms with Gasteiger partial charge in [-0.15, -0.1) is 0 Å². The van der Waals surface area contributed by atoms with Gasteiger partial charge in [0, 0.05) is 13.0 Å². The standard InChI is InChI=1S/C16H17FN6O4S/c1-8-4-10-11(27-7-26-10)5-9(8)6-12-20-13-14(18)21-16(17)22-15(13)23(12)2-3-28(19,24)25/h4-5H,2-3,6-7H2,1H3,(H2,18,21,22)(H2,19,24,25). The summed E-state index contributed by atoms with van der Waals surface area (Å²) in [4.78, 5) is 11.6. The average Bonchev–Trinajstić information content (AvgIpc) is 3.17. The lowest BCUT2D eigenvalue weighted by atomic mass is 10.0. The van der Waals surface area contributed by atoms with Crippen LogP contribution in [0.15, 0.2) is 12.1 Å². The molecule has 10 nitrogen and oxygen atoms in total. The number of nitrogen functional groups attached to an aromatic ring is 1. The number of rotatable bonds is 5. The zero-order valence-corrected chi connectivity index (χ0v) is 15.7. The van der Waals surface area contributed by atoms with Crippen LogP contribution in [0.2, 0.25) is 0 Å². The van der Waals surface area contributed by atoms with E-state index in [2.05, 4.69) is 15.0 Å². The third kappa shape index (κ3) is 3.43. The van der Waals surface area contributed by atoms with Crippen molar-refractivity contribution in [2.75, 3.05) is 18.3 Å². The van der Waals surface area contributed by atoms with Gasteiger partial charge >= 0.3 is 6.08 Å². The van der Waals surface area contributed by atoms with Gasteiger partial charge in [-0.2, -0.15) is 14.4 Å². The minimum Gasteiger partial charge on any atom is -0.454 e. The average molecular weight is 408 g/mol. The second-order valence-electron chi connectivity index (χ2n) is 6.41. The molecular weight excluding hydrogens is 391 g/mol. The number of halogens is 1. The molecule has 0 unspecified atom stereocenters. The number of aryl methyl sites for hydroxylation is 2. The third-order valence-electron chi connectivity index (χ3n) is 4.45. The lowest BCUT2D eigenvalue weighted by molar-refractivity contribution is 0.174. The minimum atomic E-state index is -3.75. The van der Waals surface area contributed by atoms with E-state index < -0.39 is 16.1 Å². The summed E-state index contributed by atoms with van der Waals surface area (Å²) in [6.07, 6.45) is -0.711. The summed E-state index contributed by atoms with van der Waals surface area (Å²) in [5, 5.41) is 5.12. The highest BCUT2D eigenvalue weighted by atomic mass is 32.2. The van der Waals surface area contributed by atoms with Crippen LogP contribution in [0.3, 0.4) is 0 Å². The largest absolute Gasteiger partial charge is 0.454 e. The maximum atomic E-state index is 13.7. The van der Waals surface area contributed by atoms with E-state index in [0.717, 1.165) is 11.1 Å². The van der Waals surface area contributed by atoms with Crippen molar-refractivity contribution in [1.29, 1.82) is 0 Å². The van der Waals surface area contributed by atoms with Gasteiger partial charge < -0.3 is 19.8 Å². The molecule has 0 atom stereocenters. The van der Waals surface area contributed by atoms with E-state index in [1.165, 1.54) is 4.57 Å². The van der Waals surface area contributed by atoms with Crippen molar-refractivity contribution in [3.05, 3.63) is 35.2 Å². The Labute approximate surface area is 159 Å². The van der Waals surface area contributed by atoms with E-state index in [1.54, 1.807) is 0 Å². The maximum absolute atomic E-state index is 13.7. The topological polar surface area (TPSA) is 148 Å². The molecule has 12 heteroatoms. The van der Waals surface area contributed by atoms with Gasteiger partial charge in [-0.1, -0.05) is 0 Å². The molecule has 4 N–H and O–H groups in total. The van der Waals surface area contributed by atoms with Gasteiger partial charge in [-0.05, 0) is 30.2 Å². The zero-order valence-electron chi connectivity index (χ0n) is 14.8. The van der Waals surface area contributed by atoms with Gasteiger partial charge in [0.2, 0.25) is 16.8 Å². The van der Waals surface area contributed by atoms with E-state index in [4.69, 9.17) is 20.3 Å². The SMILES string of the molecule is Cc1cc2c(cc1Cc1nc3c(N)nc(F)nc3n1CCS(N)(=O)=O)OCO2. The fourth-order valence-corrected chi connectivity index (χ4v) is 3.51. The van der Waals surface area contributed by atoms with Crippen LogP contribution in [0.1, 0.15) is 17.0 Å². The Kier molecular flexibility index (Phi) is 4.31. The predicted molar refractivity (Wildman–Crippen MR) is 97.8 cm³/mol. The first-order valence-electron chi connectivity index (χ1n) is 8.29. The minimum absolute atomic E-state index is 0.0514. The van der Waals surface area contributed by atoms with Crippen LogP contribution in [0.4, 0.5) is 10.2 Å². The smallest absolute Gasteiger partial charge is 0.312 e. The molecule has 0 amide bonds. The summed E-state index contributed by atoms with van der Waals surface area (Å²) in [6, 6.07) is 3.68. The first-order chi connectivity index (χ1) is 13.2. The lowest BCUT2D eigenvalue weighted by Crippen LogP contribution is -2.21. The number of anilines is 1. The molecule has 1 aliphatic rings. The molecule has 0 radical (unpaired) electrons. The Balaban J connectivity index is 1.80. The number of hydrogen-bond donors (Lipinski definition) is 2. The Morgan fingerprint density at radius 1 is 1.21 bits per heavy atom. The molecule has 0 saturated carbocycles. The summed E-state index contributed by atoms with van der Waals surface area (Å²) in [5.41, 5.74) is 7.89. The van der Waals surface area contributed by atoms with Crippen molar-refractivity contribution < 1.29 is 22.3 Å². The number of hydrogen-bond acceptors (Lipinski definition) is 8. The lowest BCUT2D eigenvalue weighted by Gasteiger charge is -2.10. The molecule has 0 spiro atoms. The predicted octanol–water partition coefficient (Wildman–Crippen LogP) is 0.464. The molecule has 0 aliphatic carbocycles. The normalized spacial score (nSPS) is 13.4. The fourth-order valence-electron chi connectivity index (χ4n) is 3.07. The molecule has 0 saturated heterocycles. The second-order valence-corrected chi connectivity index (χ2v) is 8.14. The second kappa shape index (κ2) is 6.56. The summed E-state index contributed by atoms with van der Waals surface area (Å²) in [7, 11) is -3.75. The summed E-state index contributed by atoms with van der Waals surface area (Å²) >= 11 is 0. The molecule has 3 heterocycles. The van der Waals surface area contributed by atoms with E-state index in [9.17, 15) is 12.8 Å². The first-order valence-corrected chi connectivity index (χ1v) is 10.0. The molecule has 0 bridgehead atoms. The van der Waals surface area contributed by atoms with E-state index in [-0.39, 0.29) is 36.1 Å². The molecule has 1 aliphatic heterocycles. The molecule has 2 aromatic heterocycles. The number of benzene rings is 1. The number of nitrogens with zero attached hydrogens (tertiary/aromatic N) is 4. The van der Waals surface area contributed by atoms with Crippen molar-refractivity contribution in [3.8, 4) is 11.5 Å². The van der Waals surface area contributed by atoms with Crippen LogP contribution in [0.25, 0.3) is 11.2 Å². The van der Waals surface area contributed by atoms with Crippen molar-refractivity contribution in [3.63, 3.8) is 0 Å². The number of aromatic nitrogens is 4. The highest BCUT2D eigenvalue weighted by Crippen LogP contribution is 2.35. The van der Waals surface area contributed by atoms with Gasteiger partial charge in [0.05, 0.1) is 5.75 Å². The number of ether oxygens (including phenoxy) is 2. The van der Waals surface area contributed by atoms with Crippen molar-refractivity contribution in [2.24, 2.45) is 5.14 Å². The van der Waals surface area contributed by atoms with Crippen molar-refractivity contribution >= 4 is 27.0 Å². The number of nitrogens with two attached hydrogens (primary N) is 2. The van der Waals surface area contributed by atoms with Gasteiger partial charge in [0.25, 0.3) is 0 Å².